The first-order valence-electron chi connectivity index (χ1n) is 6.39. The molecule has 98 valence electrons. The maximum atomic E-state index is 5.97. The highest BCUT2D eigenvalue weighted by Crippen LogP contribution is 2.34. The number of rotatable bonds is 2. The Morgan fingerprint density at radius 1 is 1.32 bits per heavy atom. The van der Waals surface area contributed by atoms with E-state index in [4.69, 9.17) is 11.6 Å². The molecule has 1 aromatic carbocycles. The van der Waals surface area contributed by atoms with Crippen molar-refractivity contribution in [3.63, 3.8) is 0 Å². The van der Waals surface area contributed by atoms with Gasteiger partial charge in [-0.15, -0.1) is 0 Å². The van der Waals surface area contributed by atoms with Crippen LogP contribution >= 0.6 is 27.5 Å². The van der Waals surface area contributed by atoms with Gasteiger partial charge in [0.2, 0.25) is 0 Å². The number of hydrogen-bond donors (Lipinski definition) is 1. The first kappa shape index (κ1) is 12.9. The summed E-state index contributed by atoms with van der Waals surface area (Å²) in [4.78, 5) is 4.54. The van der Waals surface area contributed by atoms with E-state index in [1.165, 1.54) is 17.7 Å². The third kappa shape index (κ3) is 2.77. The minimum atomic E-state index is 0.280. The number of nitrogens with zero attached hydrogens (tertiary/aromatic N) is 1. The van der Waals surface area contributed by atoms with Gasteiger partial charge in [0.15, 0.2) is 0 Å². The quantitative estimate of drug-likeness (QED) is 0.835. The number of halogens is 2. The molecule has 1 atom stereocenters. The van der Waals surface area contributed by atoms with E-state index in [0.717, 1.165) is 28.0 Å². The molecule has 2 nitrogen and oxygen atoms in total. The van der Waals surface area contributed by atoms with Gasteiger partial charge in [-0.3, -0.25) is 4.98 Å². The fourth-order valence-corrected chi connectivity index (χ4v) is 3.34. The topological polar surface area (TPSA) is 24.9 Å². The lowest BCUT2D eigenvalue weighted by molar-refractivity contribution is 0.583. The SMILES string of the molecule is Clc1ccc(NC2CCCc3cccnc32)c(Br)c1. The molecular formula is C15H14BrClN2. The van der Waals surface area contributed by atoms with Crippen molar-refractivity contribution in [2.45, 2.75) is 25.3 Å². The second-order valence-electron chi connectivity index (χ2n) is 4.76. The average Bonchev–Trinajstić information content (AvgIpc) is 2.42. The average molecular weight is 338 g/mol. The van der Waals surface area contributed by atoms with Crippen molar-refractivity contribution in [2.24, 2.45) is 0 Å². The van der Waals surface area contributed by atoms with Gasteiger partial charge in [0.1, 0.15) is 0 Å². The van der Waals surface area contributed by atoms with E-state index in [1.54, 1.807) is 0 Å². The molecule has 1 N–H and O–H groups in total. The van der Waals surface area contributed by atoms with Crippen molar-refractivity contribution in [3.05, 3.63) is 57.3 Å². The van der Waals surface area contributed by atoms with Crippen LogP contribution in [0.2, 0.25) is 5.02 Å². The first-order chi connectivity index (χ1) is 9.24. The first-order valence-corrected chi connectivity index (χ1v) is 7.56. The molecule has 0 radical (unpaired) electrons. The molecule has 1 aliphatic rings. The molecule has 0 spiro atoms. The van der Waals surface area contributed by atoms with Crippen molar-refractivity contribution < 1.29 is 0 Å². The Labute approximate surface area is 126 Å². The number of aryl methyl sites for hydroxylation is 1. The maximum absolute atomic E-state index is 5.97. The molecule has 1 aromatic heterocycles. The van der Waals surface area contributed by atoms with Crippen LogP contribution in [-0.4, -0.2) is 4.98 Å². The van der Waals surface area contributed by atoms with Crippen molar-refractivity contribution in [2.75, 3.05) is 5.32 Å². The highest BCUT2D eigenvalue weighted by molar-refractivity contribution is 9.10. The molecule has 0 saturated heterocycles. The smallest absolute Gasteiger partial charge is 0.0688 e. The summed E-state index contributed by atoms with van der Waals surface area (Å²) in [5.41, 5.74) is 3.60. The molecule has 2 aromatic rings. The van der Waals surface area contributed by atoms with Gasteiger partial charge in [0, 0.05) is 21.4 Å². The number of benzene rings is 1. The van der Waals surface area contributed by atoms with Gasteiger partial charge in [0.05, 0.1) is 11.7 Å². The highest BCUT2D eigenvalue weighted by Gasteiger charge is 2.21. The van der Waals surface area contributed by atoms with E-state index < -0.39 is 0 Å². The summed E-state index contributed by atoms with van der Waals surface area (Å²) in [5, 5.41) is 4.30. The van der Waals surface area contributed by atoms with Crippen LogP contribution in [-0.2, 0) is 6.42 Å². The van der Waals surface area contributed by atoms with Gasteiger partial charge in [-0.2, -0.15) is 0 Å². The number of aromatic nitrogens is 1. The molecule has 0 aliphatic heterocycles. The van der Waals surface area contributed by atoms with E-state index in [0.29, 0.717) is 0 Å². The van der Waals surface area contributed by atoms with Crippen LogP contribution in [0.1, 0.15) is 30.1 Å². The Bertz CT molecular complexity index is 600. The standard InChI is InChI=1S/C15H14BrClN2/c16-12-9-11(17)6-7-13(12)19-14-5-1-3-10-4-2-8-18-15(10)14/h2,4,6-9,14,19H,1,3,5H2. The Morgan fingerprint density at radius 2 is 2.21 bits per heavy atom. The zero-order chi connectivity index (χ0) is 13.2. The van der Waals surface area contributed by atoms with E-state index in [-0.39, 0.29) is 6.04 Å². The molecule has 4 heteroatoms. The molecule has 0 fully saturated rings. The van der Waals surface area contributed by atoms with Gasteiger partial charge < -0.3 is 5.32 Å². The summed E-state index contributed by atoms with van der Waals surface area (Å²) < 4.78 is 0.989. The summed E-state index contributed by atoms with van der Waals surface area (Å²) in [6, 6.07) is 10.3. The van der Waals surface area contributed by atoms with Gasteiger partial charge in [-0.1, -0.05) is 17.7 Å². The molecule has 0 amide bonds. The molecule has 19 heavy (non-hydrogen) atoms. The third-order valence-electron chi connectivity index (χ3n) is 3.46. The molecule has 1 aliphatic carbocycles. The molecule has 3 rings (SSSR count). The number of pyridine rings is 1. The second-order valence-corrected chi connectivity index (χ2v) is 6.05. The Kier molecular flexibility index (Phi) is 3.76. The second kappa shape index (κ2) is 5.51. The van der Waals surface area contributed by atoms with Crippen molar-refractivity contribution >= 4 is 33.2 Å². The van der Waals surface area contributed by atoms with Crippen molar-refractivity contribution in [3.8, 4) is 0 Å². The Balaban J connectivity index is 1.88. The number of fused-ring (bicyclic) bond motifs is 1. The van der Waals surface area contributed by atoms with Crippen LogP contribution < -0.4 is 5.32 Å². The number of hydrogen-bond acceptors (Lipinski definition) is 2. The lowest BCUT2D eigenvalue weighted by Gasteiger charge is -2.26. The minimum Gasteiger partial charge on any atom is -0.376 e. The molecular weight excluding hydrogens is 324 g/mol. The van der Waals surface area contributed by atoms with Gasteiger partial charge in [-0.25, -0.2) is 0 Å². The Morgan fingerprint density at radius 3 is 3.05 bits per heavy atom. The van der Waals surface area contributed by atoms with Gasteiger partial charge in [-0.05, 0) is 65.0 Å². The fourth-order valence-electron chi connectivity index (χ4n) is 2.54. The monoisotopic (exact) mass is 336 g/mol. The summed E-state index contributed by atoms with van der Waals surface area (Å²) in [6.07, 6.45) is 5.31. The molecule has 1 unspecified atom stereocenters. The van der Waals surface area contributed by atoms with Crippen LogP contribution in [0.4, 0.5) is 5.69 Å². The van der Waals surface area contributed by atoms with Crippen LogP contribution in [0.3, 0.4) is 0 Å². The summed E-state index contributed by atoms with van der Waals surface area (Å²) in [5.74, 6) is 0. The predicted molar refractivity (Wildman–Crippen MR) is 82.7 cm³/mol. The lowest BCUT2D eigenvalue weighted by atomic mass is 9.92. The van der Waals surface area contributed by atoms with E-state index in [1.807, 2.05) is 30.5 Å². The Hall–Kier alpha value is -1.06. The molecule has 1 heterocycles. The highest BCUT2D eigenvalue weighted by atomic mass is 79.9. The minimum absolute atomic E-state index is 0.280. The lowest BCUT2D eigenvalue weighted by Crippen LogP contribution is -2.19. The number of nitrogens with one attached hydrogen (secondary N) is 1. The van der Waals surface area contributed by atoms with E-state index >= 15 is 0 Å². The molecule has 0 bridgehead atoms. The zero-order valence-corrected chi connectivity index (χ0v) is 12.7. The molecule has 0 saturated carbocycles. The number of anilines is 1. The normalized spacial score (nSPS) is 17.9. The van der Waals surface area contributed by atoms with Crippen LogP contribution in [0.5, 0.6) is 0 Å². The summed E-state index contributed by atoms with van der Waals surface area (Å²) >= 11 is 9.52. The summed E-state index contributed by atoms with van der Waals surface area (Å²) in [6.45, 7) is 0. The van der Waals surface area contributed by atoms with E-state index in [9.17, 15) is 0 Å². The van der Waals surface area contributed by atoms with Crippen LogP contribution in [0.15, 0.2) is 41.0 Å². The van der Waals surface area contributed by atoms with Crippen molar-refractivity contribution in [1.82, 2.24) is 4.98 Å². The van der Waals surface area contributed by atoms with Crippen LogP contribution in [0, 0.1) is 0 Å². The largest absolute Gasteiger partial charge is 0.376 e. The predicted octanol–water partition coefficient (Wildman–Crippen LogP) is 4.99. The summed E-state index contributed by atoms with van der Waals surface area (Å²) in [7, 11) is 0. The third-order valence-corrected chi connectivity index (χ3v) is 4.35. The van der Waals surface area contributed by atoms with Crippen molar-refractivity contribution in [1.29, 1.82) is 0 Å². The van der Waals surface area contributed by atoms with E-state index in [2.05, 4.69) is 32.3 Å². The zero-order valence-electron chi connectivity index (χ0n) is 10.4. The van der Waals surface area contributed by atoms with Crippen LogP contribution in [0.25, 0.3) is 0 Å². The van der Waals surface area contributed by atoms with Gasteiger partial charge >= 0.3 is 0 Å². The van der Waals surface area contributed by atoms with Gasteiger partial charge in [0.25, 0.3) is 0 Å². The maximum Gasteiger partial charge on any atom is 0.0688 e. The fraction of sp³-hybridized carbons (Fsp3) is 0.267.